The summed E-state index contributed by atoms with van der Waals surface area (Å²) in [5, 5.41) is 0. The van der Waals surface area contributed by atoms with E-state index in [0.29, 0.717) is 12.0 Å². The van der Waals surface area contributed by atoms with E-state index < -0.39 is 0 Å². The van der Waals surface area contributed by atoms with E-state index in [1.165, 1.54) is 24.8 Å². The fraction of sp³-hybridized carbons (Fsp3) is 0.647. The maximum atomic E-state index is 5.78. The van der Waals surface area contributed by atoms with Crippen LogP contribution in [0.15, 0.2) is 30.3 Å². The van der Waals surface area contributed by atoms with E-state index in [2.05, 4.69) is 51.1 Å². The molecule has 0 spiro atoms. The van der Waals surface area contributed by atoms with Gasteiger partial charge in [0.25, 0.3) is 0 Å². The Hall–Kier alpha value is -0.820. The van der Waals surface area contributed by atoms with Gasteiger partial charge in [0.15, 0.2) is 0 Å². The van der Waals surface area contributed by atoms with Gasteiger partial charge in [0, 0.05) is 7.11 Å². The van der Waals surface area contributed by atoms with Crippen LogP contribution in [-0.2, 0) is 10.2 Å². The van der Waals surface area contributed by atoms with Gasteiger partial charge >= 0.3 is 0 Å². The molecular weight excluding hydrogens is 220 g/mol. The number of methoxy groups -OCH3 is 1. The summed E-state index contributed by atoms with van der Waals surface area (Å²) >= 11 is 0. The molecule has 100 valence electrons. The first kappa shape index (κ1) is 13.6. The molecule has 2 rings (SSSR count). The number of ether oxygens (including phenoxy) is 1. The third-order valence-electron chi connectivity index (χ3n) is 4.80. The van der Waals surface area contributed by atoms with Gasteiger partial charge in [0.1, 0.15) is 0 Å². The Labute approximate surface area is 112 Å². The van der Waals surface area contributed by atoms with E-state index >= 15 is 0 Å². The molecule has 0 N–H and O–H groups in total. The van der Waals surface area contributed by atoms with Gasteiger partial charge in [0.05, 0.1) is 6.10 Å². The normalized spacial score (nSPS) is 29.2. The maximum Gasteiger partial charge on any atom is 0.0610 e. The van der Waals surface area contributed by atoms with Crippen LogP contribution in [0.5, 0.6) is 0 Å². The highest BCUT2D eigenvalue weighted by Gasteiger charge is 2.39. The standard InChI is InChI=1S/C17H26O/c1-13-10-11-15(16(12-13)18-4)17(2,3)14-8-6-5-7-9-14/h5-9,13,15-16H,10-12H2,1-4H3/t13-,15-,16-/m1/s1. The van der Waals surface area contributed by atoms with Crippen molar-refractivity contribution in [3.8, 4) is 0 Å². The molecule has 1 aliphatic rings. The fourth-order valence-electron chi connectivity index (χ4n) is 3.50. The minimum atomic E-state index is 0.197. The van der Waals surface area contributed by atoms with Crippen molar-refractivity contribution in [2.24, 2.45) is 11.8 Å². The smallest absolute Gasteiger partial charge is 0.0610 e. The SMILES string of the molecule is CO[C@@H]1C[C@H](C)CC[C@H]1C(C)(C)c1ccccc1. The molecule has 0 amide bonds. The molecule has 0 bridgehead atoms. The van der Waals surface area contributed by atoms with E-state index in [0.717, 1.165) is 5.92 Å². The Morgan fingerprint density at radius 3 is 2.39 bits per heavy atom. The van der Waals surface area contributed by atoms with Crippen molar-refractivity contribution in [1.82, 2.24) is 0 Å². The number of hydrogen-bond donors (Lipinski definition) is 0. The summed E-state index contributed by atoms with van der Waals surface area (Å²) in [5.74, 6) is 1.43. The quantitative estimate of drug-likeness (QED) is 0.767. The van der Waals surface area contributed by atoms with Crippen LogP contribution >= 0.6 is 0 Å². The van der Waals surface area contributed by atoms with Gasteiger partial charge in [-0.15, -0.1) is 0 Å². The van der Waals surface area contributed by atoms with E-state index in [9.17, 15) is 0 Å². The van der Waals surface area contributed by atoms with Crippen LogP contribution in [0, 0.1) is 11.8 Å². The summed E-state index contributed by atoms with van der Waals surface area (Å²) in [6.07, 6.45) is 4.23. The lowest BCUT2D eigenvalue weighted by Gasteiger charge is -2.44. The highest BCUT2D eigenvalue weighted by molar-refractivity contribution is 5.25. The van der Waals surface area contributed by atoms with Gasteiger partial charge in [-0.2, -0.15) is 0 Å². The summed E-state index contributed by atoms with van der Waals surface area (Å²) in [7, 11) is 1.87. The molecule has 1 aromatic carbocycles. The monoisotopic (exact) mass is 246 g/mol. The van der Waals surface area contributed by atoms with Gasteiger partial charge in [-0.3, -0.25) is 0 Å². The lowest BCUT2D eigenvalue weighted by Crippen LogP contribution is -2.42. The molecule has 1 aromatic rings. The van der Waals surface area contributed by atoms with E-state index in [1.807, 2.05) is 7.11 Å². The molecule has 0 aromatic heterocycles. The first-order valence-electron chi connectivity index (χ1n) is 7.14. The van der Waals surface area contributed by atoms with Crippen LogP contribution < -0.4 is 0 Å². The Morgan fingerprint density at radius 2 is 1.78 bits per heavy atom. The first-order valence-corrected chi connectivity index (χ1v) is 7.14. The molecule has 0 heterocycles. The van der Waals surface area contributed by atoms with Gasteiger partial charge < -0.3 is 4.74 Å². The van der Waals surface area contributed by atoms with Crippen molar-refractivity contribution in [2.75, 3.05) is 7.11 Å². The van der Waals surface area contributed by atoms with E-state index in [-0.39, 0.29) is 5.41 Å². The minimum Gasteiger partial charge on any atom is -0.381 e. The average Bonchev–Trinajstić information content (AvgIpc) is 2.39. The molecule has 1 aliphatic carbocycles. The van der Waals surface area contributed by atoms with Crippen molar-refractivity contribution in [3.05, 3.63) is 35.9 Å². The predicted molar refractivity (Wildman–Crippen MR) is 76.8 cm³/mol. The van der Waals surface area contributed by atoms with Gasteiger partial charge in [0.2, 0.25) is 0 Å². The maximum absolute atomic E-state index is 5.78. The Bertz CT molecular complexity index is 368. The van der Waals surface area contributed by atoms with Gasteiger partial charge in [-0.05, 0) is 35.7 Å². The molecule has 1 nitrogen and oxygen atoms in total. The van der Waals surface area contributed by atoms with Crippen LogP contribution in [0.4, 0.5) is 0 Å². The summed E-state index contributed by atoms with van der Waals surface area (Å²) < 4.78 is 5.78. The zero-order valence-electron chi connectivity index (χ0n) is 12.1. The summed E-state index contributed by atoms with van der Waals surface area (Å²) in [6.45, 7) is 7.09. The second kappa shape index (κ2) is 5.44. The molecule has 0 radical (unpaired) electrons. The molecule has 0 unspecified atom stereocenters. The third-order valence-corrected chi connectivity index (χ3v) is 4.80. The molecule has 18 heavy (non-hydrogen) atoms. The van der Waals surface area contributed by atoms with Crippen LogP contribution in [0.25, 0.3) is 0 Å². The van der Waals surface area contributed by atoms with Crippen molar-refractivity contribution in [3.63, 3.8) is 0 Å². The Morgan fingerprint density at radius 1 is 1.11 bits per heavy atom. The van der Waals surface area contributed by atoms with Crippen LogP contribution in [-0.4, -0.2) is 13.2 Å². The zero-order valence-corrected chi connectivity index (χ0v) is 12.1. The van der Waals surface area contributed by atoms with Crippen molar-refractivity contribution >= 4 is 0 Å². The molecular formula is C17H26O. The highest BCUT2D eigenvalue weighted by Crippen LogP contribution is 2.43. The van der Waals surface area contributed by atoms with Crippen LogP contribution in [0.1, 0.15) is 45.6 Å². The lowest BCUT2D eigenvalue weighted by molar-refractivity contribution is -0.0194. The van der Waals surface area contributed by atoms with Crippen molar-refractivity contribution < 1.29 is 4.74 Å². The number of benzene rings is 1. The van der Waals surface area contributed by atoms with Crippen LogP contribution in [0.2, 0.25) is 0 Å². The van der Waals surface area contributed by atoms with Gasteiger partial charge in [-0.1, -0.05) is 57.5 Å². The Kier molecular flexibility index (Phi) is 4.11. The zero-order chi connectivity index (χ0) is 13.2. The first-order chi connectivity index (χ1) is 8.55. The molecule has 3 atom stereocenters. The van der Waals surface area contributed by atoms with Crippen LogP contribution in [0.3, 0.4) is 0 Å². The topological polar surface area (TPSA) is 9.23 Å². The van der Waals surface area contributed by atoms with E-state index in [1.54, 1.807) is 0 Å². The molecule has 1 heteroatoms. The van der Waals surface area contributed by atoms with Crippen molar-refractivity contribution in [2.45, 2.75) is 51.6 Å². The minimum absolute atomic E-state index is 0.197. The largest absolute Gasteiger partial charge is 0.381 e. The summed E-state index contributed by atoms with van der Waals surface area (Å²) in [6, 6.07) is 10.9. The fourth-order valence-corrected chi connectivity index (χ4v) is 3.50. The highest BCUT2D eigenvalue weighted by atomic mass is 16.5. The summed E-state index contributed by atoms with van der Waals surface area (Å²) in [4.78, 5) is 0. The third kappa shape index (κ3) is 2.61. The second-order valence-corrected chi connectivity index (χ2v) is 6.39. The predicted octanol–water partition coefficient (Wildman–Crippen LogP) is 4.42. The lowest BCUT2D eigenvalue weighted by atomic mass is 9.64. The van der Waals surface area contributed by atoms with Gasteiger partial charge in [-0.25, -0.2) is 0 Å². The summed E-state index contributed by atoms with van der Waals surface area (Å²) in [5.41, 5.74) is 1.63. The second-order valence-electron chi connectivity index (χ2n) is 6.39. The molecule has 0 saturated heterocycles. The average molecular weight is 246 g/mol. The van der Waals surface area contributed by atoms with Crippen molar-refractivity contribution in [1.29, 1.82) is 0 Å². The number of hydrogen-bond acceptors (Lipinski definition) is 1. The molecule has 1 fully saturated rings. The Balaban J connectivity index is 2.23. The number of rotatable bonds is 3. The van der Waals surface area contributed by atoms with E-state index in [4.69, 9.17) is 4.74 Å². The molecule has 0 aliphatic heterocycles. The molecule has 1 saturated carbocycles.